The monoisotopic (exact) mass is 308 g/mol. The van der Waals surface area contributed by atoms with Crippen molar-refractivity contribution >= 4 is 5.91 Å². The highest BCUT2D eigenvalue weighted by molar-refractivity contribution is 5.94. The first-order valence-electron chi connectivity index (χ1n) is 7.90. The summed E-state index contributed by atoms with van der Waals surface area (Å²) in [6.45, 7) is 7.52. The molecule has 1 atom stereocenters. The normalized spacial score (nSPS) is 21.4. The molecule has 3 rings (SSSR count). The van der Waals surface area contributed by atoms with Gasteiger partial charge in [-0.15, -0.1) is 0 Å². The maximum absolute atomic E-state index is 12.3. The lowest BCUT2D eigenvalue weighted by molar-refractivity contribution is -0.153. The predicted octanol–water partition coefficient (Wildman–Crippen LogP) is 0.574. The second-order valence-corrected chi connectivity index (χ2v) is 6.31. The second-order valence-electron chi connectivity index (χ2n) is 6.31. The van der Waals surface area contributed by atoms with E-state index >= 15 is 0 Å². The number of hydrogen-bond acceptors (Lipinski definition) is 5. The third kappa shape index (κ3) is 3.31. The molecule has 122 valence electrons. The lowest BCUT2D eigenvalue weighted by Crippen LogP contribution is -2.35. The Labute approximate surface area is 130 Å². The topological polar surface area (TPSA) is 88.3 Å². The van der Waals surface area contributed by atoms with Crippen LogP contribution >= 0.6 is 0 Å². The van der Waals surface area contributed by atoms with E-state index in [0.717, 1.165) is 30.6 Å². The SMILES string of the molecule is CC(CNC(=O)c1n[nH]c2c1CNCC2)CC1(C)OCCO1. The van der Waals surface area contributed by atoms with E-state index in [-0.39, 0.29) is 11.8 Å². The molecule has 1 amide bonds. The third-order valence-corrected chi connectivity index (χ3v) is 4.25. The van der Waals surface area contributed by atoms with E-state index in [1.54, 1.807) is 0 Å². The number of H-pyrrole nitrogens is 1. The molecule has 0 aliphatic carbocycles. The van der Waals surface area contributed by atoms with E-state index in [1.807, 2.05) is 6.92 Å². The summed E-state index contributed by atoms with van der Waals surface area (Å²) in [5, 5.41) is 13.4. The molecule has 2 aliphatic rings. The number of ether oxygens (including phenoxy) is 2. The highest BCUT2D eigenvalue weighted by atomic mass is 16.7. The summed E-state index contributed by atoms with van der Waals surface area (Å²) < 4.78 is 11.2. The highest BCUT2D eigenvalue weighted by Crippen LogP contribution is 2.26. The minimum absolute atomic E-state index is 0.119. The van der Waals surface area contributed by atoms with Gasteiger partial charge >= 0.3 is 0 Å². The molecule has 0 aromatic carbocycles. The minimum Gasteiger partial charge on any atom is -0.350 e. The van der Waals surface area contributed by atoms with Crippen molar-refractivity contribution in [2.24, 2.45) is 5.92 Å². The van der Waals surface area contributed by atoms with Crippen LogP contribution in [0.25, 0.3) is 0 Å². The fourth-order valence-corrected chi connectivity index (χ4v) is 3.14. The fraction of sp³-hybridized carbons (Fsp3) is 0.733. The smallest absolute Gasteiger partial charge is 0.272 e. The minimum atomic E-state index is -0.514. The van der Waals surface area contributed by atoms with Gasteiger partial charge in [0.05, 0.1) is 13.2 Å². The Morgan fingerprint density at radius 1 is 1.45 bits per heavy atom. The molecule has 1 fully saturated rings. The lowest BCUT2D eigenvalue weighted by atomic mass is 10.0. The Morgan fingerprint density at radius 3 is 3.00 bits per heavy atom. The highest BCUT2D eigenvalue weighted by Gasteiger charge is 2.32. The number of fused-ring (bicyclic) bond motifs is 1. The van der Waals surface area contributed by atoms with Gasteiger partial charge in [-0.3, -0.25) is 9.89 Å². The Balaban J connectivity index is 1.52. The molecule has 0 radical (unpaired) electrons. The van der Waals surface area contributed by atoms with Crippen LogP contribution < -0.4 is 10.6 Å². The van der Waals surface area contributed by atoms with Crippen molar-refractivity contribution in [1.29, 1.82) is 0 Å². The van der Waals surface area contributed by atoms with Crippen molar-refractivity contribution in [2.75, 3.05) is 26.3 Å². The van der Waals surface area contributed by atoms with Gasteiger partial charge in [0.25, 0.3) is 5.91 Å². The van der Waals surface area contributed by atoms with E-state index in [1.165, 1.54) is 0 Å². The Kier molecular flexibility index (Phi) is 4.46. The third-order valence-electron chi connectivity index (χ3n) is 4.25. The number of carbonyl (C=O) groups excluding carboxylic acids is 1. The lowest BCUT2D eigenvalue weighted by Gasteiger charge is -2.26. The summed E-state index contributed by atoms with van der Waals surface area (Å²) in [6, 6.07) is 0. The largest absolute Gasteiger partial charge is 0.350 e. The quantitative estimate of drug-likeness (QED) is 0.740. The number of nitrogens with zero attached hydrogens (tertiary/aromatic N) is 1. The number of aromatic amines is 1. The van der Waals surface area contributed by atoms with Crippen LogP contribution in [0.4, 0.5) is 0 Å². The van der Waals surface area contributed by atoms with Gasteiger partial charge in [-0.25, -0.2) is 0 Å². The van der Waals surface area contributed by atoms with E-state index in [9.17, 15) is 4.79 Å². The van der Waals surface area contributed by atoms with Crippen molar-refractivity contribution in [3.63, 3.8) is 0 Å². The summed E-state index contributed by atoms with van der Waals surface area (Å²) in [7, 11) is 0. The maximum Gasteiger partial charge on any atom is 0.272 e. The molecule has 22 heavy (non-hydrogen) atoms. The van der Waals surface area contributed by atoms with Gasteiger partial charge in [-0.05, 0) is 12.8 Å². The number of nitrogens with one attached hydrogen (secondary N) is 3. The number of rotatable bonds is 5. The summed E-state index contributed by atoms with van der Waals surface area (Å²) >= 11 is 0. The van der Waals surface area contributed by atoms with Crippen LogP contribution in [0.5, 0.6) is 0 Å². The van der Waals surface area contributed by atoms with E-state index < -0.39 is 5.79 Å². The molecule has 3 heterocycles. The zero-order valence-electron chi connectivity index (χ0n) is 13.2. The molecule has 1 unspecified atom stereocenters. The van der Waals surface area contributed by atoms with Crippen LogP contribution in [-0.4, -0.2) is 48.2 Å². The van der Waals surface area contributed by atoms with Gasteiger partial charge < -0.3 is 20.1 Å². The van der Waals surface area contributed by atoms with Crippen molar-refractivity contribution in [2.45, 2.75) is 39.0 Å². The number of carbonyl (C=O) groups is 1. The van der Waals surface area contributed by atoms with Gasteiger partial charge in [0, 0.05) is 43.7 Å². The van der Waals surface area contributed by atoms with Crippen molar-refractivity contribution in [1.82, 2.24) is 20.8 Å². The Hall–Kier alpha value is -1.44. The van der Waals surface area contributed by atoms with Crippen molar-refractivity contribution in [3.8, 4) is 0 Å². The molecule has 3 N–H and O–H groups in total. The van der Waals surface area contributed by atoms with Crippen LogP contribution in [0.3, 0.4) is 0 Å². The zero-order valence-corrected chi connectivity index (χ0v) is 13.2. The van der Waals surface area contributed by atoms with Gasteiger partial charge in [0.15, 0.2) is 11.5 Å². The molecule has 7 heteroatoms. The van der Waals surface area contributed by atoms with Crippen molar-refractivity contribution in [3.05, 3.63) is 17.0 Å². The van der Waals surface area contributed by atoms with Crippen LogP contribution in [-0.2, 0) is 22.4 Å². The zero-order chi connectivity index (χ0) is 15.6. The summed E-state index contributed by atoms with van der Waals surface area (Å²) in [5.74, 6) is -0.370. The average Bonchev–Trinajstić information content (AvgIpc) is 3.11. The Morgan fingerprint density at radius 2 is 2.23 bits per heavy atom. The van der Waals surface area contributed by atoms with E-state index in [0.29, 0.717) is 32.0 Å². The molecule has 1 aromatic heterocycles. The summed E-state index contributed by atoms with van der Waals surface area (Å²) in [4.78, 5) is 12.3. The molecular weight excluding hydrogens is 284 g/mol. The Bertz CT molecular complexity index is 537. The summed E-state index contributed by atoms with van der Waals surface area (Å²) in [5.41, 5.74) is 2.57. The van der Waals surface area contributed by atoms with Crippen LogP contribution in [0, 0.1) is 5.92 Å². The molecule has 2 aliphatic heterocycles. The predicted molar refractivity (Wildman–Crippen MR) is 80.4 cm³/mol. The first-order chi connectivity index (χ1) is 10.6. The first kappa shape index (κ1) is 15.5. The summed E-state index contributed by atoms with van der Waals surface area (Å²) in [6.07, 6.45) is 1.65. The van der Waals surface area contributed by atoms with Crippen LogP contribution in [0.1, 0.15) is 42.0 Å². The van der Waals surface area contributed by atoms with Gasteiger partial charge in [0.2, 0.25) is 0 Å². The van der Waals surface area contributed by atoms with Crippen LogP contribution in [0.2, 0.25) is 0 Å². The van der Waals surface area contributed by atoms with E-state index in [2.05, 4.69) is 27.8 Å². The second kappa shape index (κ2) is 6.36. The van der Waals surface area contributed by atoms with Crippen molar-refractivity contribution < 1.29 is 14.3 Å². The van der Waals surface area contributed by atoms with E-state index in [4.69, 9.17) is 9.47 Å². The molecular formula is C15H24N4O3. The number of hydrogen-bond donors (Lipinski definition) is 3. The fourth-order valence-electron chi connectivity index (χ4n) is 3.14. The maximum atomic E-state index is 12.3. The first-order valence-corrected chi connectivity index (χ1v) is 7.90. The van der Waals surface area contributed by atoms with Gasteiger partial charge in [-0.1, -0.05) is 6.92 Å². The number of aromatic nitrogens is 2. The molecule has 0 spiro atoms. The molecule has 7 nitrogen and oxygen atoms in total. The standard InChI is InChI=1S/C15H24N4O3/c1-10(7-15(2)21-5-6-22-15)8-17-14(20)13-11-9-16-4-3-12(11)18-19-13/h10,16H,3-9H2,1-2H3,(H,17,20)(H,18,19). The molecule has 1 saturated heterocycles. The van der Waals surface area contributed by atoms with Gasteiger partial charge in [-0.2, -0.15) is 5.10 Å². The average molecular weight is 308 g/mol. The van der Waals surface area contributed by atoms with Crippen LogP contribution in [0.15, 0.2) is 0 Å². The molecule has 0 bridgehead atoms. The van der Waals surface area contributed by atoms with Gasteiger partial charge in [0.1, 0.15) is 0 Å². The molecule has 1 aromatic rings. The number of amides is 1. The molecule has 0 saturated carbocycles.